The molecular formula is C13H13ClFN3. The Bertz CT molecular complexity index is 590. The molecule has 0 saturated heterocycles. The van der Waals surface area contributed by atoms with Gasteiger partial charge < -0.3 is 9.88 Å². The number of halogens is 2. The van der Waals surface area contributed by atoms with E-state index in [1.165, 1.54) is 25.0 Å². The van der Waals surface area contributed by atoms with E-state index in [4.69, 9.17) is 11.6 Å². The molecule has 1 aliphatic rings. The van der Waals surface area contributed by atoms with Gasteiger partial charge in [0.2, 0.25) is 5.95 Å². The van der Waals surface area contributed by atoms with Crippen molar-refractivity contribution in [2.24, 2.45) is 0 Å². The lowest BCUT2D eigenvalue weighted by Gasteiger charge is -2.09. The number of aromatic nitrogens is 2. The maximum absolute atomic E-state index is 13.4. The molecule has 1 aromatic heterocycles. The van der Waals surface area contributed by atoms with Crippen molar-refractivity contribution in [3.8, 4) is 0 Å². The van der Waals surface area contributed by atoms with Crippen molar-refractivity contribution < 1.29 is 4.39 Å². The van der Waals surface area contributed by atoms with E-state index < -0.39 is 5.82 Å². The summed E-state index contributed by atoms with van der Waals surface area (Å²) in [6.07, 6.45) is 4.38. The molecule has 0 amide bonds. The Kier molecular flexibility index (Phi) is 2.74. The lowest BCUT2D eigenvalue weighted by atomic mass is 10.3. The van der Waals surface area contributed by atoms with Crippen molar-refractivity contribution in [3.05, 3.63) is 40.9 Å². The minimum atomic E-state index is -0.428. The van der Waals surface area contributed by atoms with Gasteiger partial charge in [0, 0.05) is 17.9 Å². The first-order valence-electron chi connectivity index (χ1n) is 5.91. The molecule has 0 bridgehead atoms. The highest BCUT2D eigenvalue weighted by atomic mass is 35.5. The van der Waals surface area contributed by atoms with Gasteiger partial charge in [-0.1, -0.05) is 11.6 Å². The molecule has 1 aromatic carbocycles. The Morgan fingerprint density at radius 1 is 1.44 bits per heavy atom. The van der Waals surface area contributed by atoms with Gasteiger partial charge >= 0.3 is 0 Å². The van der Waals surface area contributed by atoms with Gasteiger partial charge in [0.05, 0.1) is 10.7 Å². The van der Waals surface area contributed by atoms with Crippen LogP contribution in [0.3, 0.4) is 0 Å². The highest BCUT2D eigenvalue weighted by Gasteiger charge is 2.26. The molecule has 18 heavy (non-hydrogen) atoms. The third-order valence-electron chi connectivity index (χ3n) is 2.97. The third-order valence-corrected chi connectivity index (χ3v) is 3.28. The summed E-state index contributed by atoms with van der Waals surface area (Å²) in [5.74, 6) is 0.333. The minimum Gasteiger partial charge on any atom is -0.325 e. The van der Waals surface area contributed by atoms with Gasteiger partial charge in [-0.15, -0.1) is 0 Å². The van der Waals surface area contributed by atoms with Crippen molar-refractivity contribution in [2.45, 2.75) is 25.8 Å². The molecule has 3 nitrogen and oxygen atoms in total. The second-order valence-electron chi connectivity index (χ2n) is 4.60. The molecule has 94 valence electrons. The van der Waals surface area contributed by atoms with E-state index >= 15 is 0 Å². The van der Waals surface area contributed by atoms with E-state index in [1.807, 2.05) is 13.1 Å². The van der Waals surface area contributed by atoms with Crippen LogP contribution in [0.4, 0.5) is 16.0 Å². The number of aryl methyl sites for hydroxylation is 1. The zero-order chi connectivity index (χ0) is 12.7. The second-order valence-corrected chi connectivity index (χ2v) is 5.01. The fourth-order valence-electron chi connectivity index (χ4n) is 1.94. The van der Waals surface area contributed by atoms with Crippen LogP contribution in [0.2, 0.25) is 5.02 Å². The number of nitrogens with zero attached hydrogens (tertiary/aromatic N) is 2. The summed E-state index contributed by atoms with van der Waals surface area (Å²) in [5.41, 5.74) is 1.61. The zero-order valence-electron chi connectivity index (χ0n) is 9.95. The molecule has 1 fully saturated rings. The van der Waals surface area contributed by atoms with Gasteiger partial charge in [-0.05, 0) is 38.0 Å². The van der Waals surface area contributed by atoms with E-state index in [0.29, 0.717) is 11.7 Å². The highest BCUT2D eigenvalue weighted by molar-refractivity contribution is 6.30. The van der Waals surface area contributed by atoms with E-state index in [2.05, 4.69) is 14.9 Å². The quantitative estimate of drug-likeness (QED) is 0.907. The average molecular weight is 266 g/mol. The average Bonchev–Trinajstić information content (AvgIpc) is 3.09. The van der Waals surface area contributed by atoms with Crippen LogP contribution < -0.4 is 5.32 Å². The normalized spacial score (nSPS) is 14.8. The molecule has 0 radical (unpaired) electrons. The van der Waals surface area contributed by atoms with Crippen molar-refractivity contribution in [2.75, 3.05) is 5.32 Å². The molecule has 1 saturated carbocycles. The standard InChI is InChI=1S/C13H13ClFN3/c1-8-7-18(10-3-4-10)13(16-8)17-9-2-5-11(14)12(15)6-9/h2,5-7,10H,3-4H2,1H3,(H,16,17). The molecule has 5 heteroatoms. The van der Waals surface area contributed by atoms with Gasteiger partial charge in [0.1, 0.15) is 5.82 Å². The predicted molar refractivity (Wildman–Crippen MR) is 69.9 cm³/mol. The van der Waals surface area contributed by atoms with E-state index in [0.717, 1.165) is 11.6 Å². The van der Waals surface area contributed by atoms with Crippen LogP contribution in [0.15, 0.2) is 24.4 Å². The Morgan fingerprint density at radius 2 is 2.22 bits per heavy atom. The maximum atomic E-state index is 13.4. The molecule has 1 N–H and O–H groups in total. The number of anilines is 2. The Hall–Kier alpha value is -1.55. The zero-order valence-corrected chi connectivity index (χ0v) is 10.7. The molecular weight excluding hydrogens is 253 g/mol. The van der Waals surface area contributed by atoms with Crippen LogP contribution in [0.1, 0.15) is 24.6 Å². The molecule has 0 unspecified atom stereocenters. The fraction of sp³-hybridized carbons (Fsp3) is 0.308. The number of hydrogen-bond acceptors (Lipinski definition) is 2. The van der Waals surface area contributed by atoms with E-state index in [9.17, 15) is 4.39 Å². The van der Waals surface area contributed by atoms with Crippen LogP contribution in [0, 0.1) is 12.7 Å². The highest BCUT2D eigenvalue weighted by Crippen LogP contribution is 2.38. The van der Waals surface area contributed by atoms with Crippen LogP contribution in [-0.2, 0) is 0 Å². The number of hydrogen-bond donors (Lipinski definition) is 1. The van der Waals surface area contributed by atoms with Crippen molar-refractivity contribution >= 4 is 23.2 Å². The molecule has 0 atom stereocenters. The maximum Gasteiger partial charge on any atom is 0.207 e. The molecule has 0 spiro atoms. The van der Waals surface area contributed by atoms with E-state index in [-0.39, 0.29) is 5.02 Å². The van der Waals surface area contributed by atoms with Crippen molar-refractivity contribution in [1.29, 1.82) is 0 Å². The topological polar surface area (TPSA) is 29.9 Å². The summed E-state index contributed by atoms with van der Waals surface area (Å²) in [6.45, 7) is 1.95. The largest absolute Gasteiger partial charge is 0.325 e. The first kappa shape index (κ1) is 11.5. The van der Waals surface area contributed by atoms with Crippen LogP contribution in [-0.4, -0.2) is 9.55 Å². The van der Waals surface area contributed by atoms with Gasteiger partial charge in [0.15, 0.2) is 0 Å². The van der Waals surface area contributed by atoms with Crippen LogP contribution in [0.5, 0.6) is 0 Å². The van der Waals surface area contributed by atoms with Gasteiger partial charge in [-0.3, -0.25) is 0 Å². The van der Waals surface area contributed by atoms with E-state index in [1.54, 1.807) is 6.07 Å². The SMILES string of the molecule is Cc1cn(C2CC2)c(Nc2ccc(Cl)c(F)c2)n1. The Labute approximate surface area is 110 Å². The van der Waals surface area contributed by atoms with Gasteiger partial charge in [0.25, 0.3) is 0 Å². The molecule has 1 heterocycles. The van der Waals surface area contributed by atoms with Gasteiger partial charge in [-0.2, -0.15) is 0 Å². The molecule has 2 aromatic rings. The summed E-state index contributed by atoms with van der Waals surface area (Å²) in [7, 11) is 0. The monoisotopic (exact) mass is 265 g/mol. The number of rotatable bonds is 3. The van der Waals surface area contributed by atoms with Crippen LogP contribution >= 0.6 is 11.6 Å². The molecule has 3 rings (SSSR count). The van der Waals surface area contributed by atoms with Crippen molar-refractivity contribution in [1.82, 2.24) is 9.55 Å². The minimum absolute atomic E-state index is 0.127. The second kappa shape index (κ2) is 4.28. The summed E-state index contributed by atoms with van der Waals surface area (Å²) in [4.78, 5) is 4.42. The number of nitrogens with one attached hydrogen (secondary N) is 1. The summed E-state index contributed by atoms with van der Waals surface area (Å²) >= 11 is 5.66. The van der Waals surface area contributed by atoms with Crippen LogP contribution in [0.25, 0.3) is 0 Å². The third kappa shape index (κ3) is 2.20. The molecule has 1 aliphatic carbocycles. The van der Waals surface area contributed by atoms with Gasteiger partial charge in [-0.25, -0.2) is 9.37 Å². The summed E-state index contributed by atoms with van der Waals surface area (Å²) in [6, 6.07) is 5.19. The Morgan fingerprint density at radius 3 is 2.89 bits per heavy atom. The fourth-order valence-corrected chi connectivity index (χ4v) is 2.06. The summed E-state index contributed by atoms with van der Waals surface area (Å²) in [5, 5.41) is 3.26. The summed E-state index contributed by atoms with van der Waals surface area (Å²) < 4.78 is 15.5. The Balaban J connectivity index is 1.89. The first-order chi connectivity index (χ1) is 8.63. The smallest absolute Gasteiger partial charge is 0.207 e. The molecule has 0 aliphatic heterocycles. The van der Waals surface area contributed by atoms with Crippen molar-refractivity contribution in [3.63, 3.8) is 0 Å². The predicted octanol–water partition coefficient (Wildman–Crippen LogP) is 4.06. The lowest BCUT2D eigenvalue weighted by molar-refractivity contribution is 0.629. The lowest BCUT2D eigenvalue weighted by Crippen LogP contribution is -2.01. The first-order valence-corrected chi connectivity index (χ1v) is 6.29. The number of benzene rings is 1. The number of imidazole rings is 1.